The molecule has 3 aromatic carbocycles. The smallest absolute Gasteiger partial charge is 0.414 e. The van der Waals surface area contributed by atoms with E-state index in [0.29, 0.717) is 23.6 Å². The molecule has 11 heteroatoms. The summed E-state index contributed by atoms with van der Waals surface area (Å²) in [5.74, 6) is -1.67. The van der Waals surface area contributed by atoms with Crippen LogP contribution in [0.2, 0.25) is 0 Å². The summed E-state index contributed by atoms with van der Waals surface area (Å²) in [6, 6.07) is 15.0. The molecule has 3 aromatic rings. The van der Waals surface area contributed by atoms with E-state index in [2.05, 4.69) is 0 Å². The lowest BCUT2D eigenvalue weighted by Gasteiger charge is -2.39. The molecular formula is C27H26N2O8S. The highest BCUT2D eigenvalue weighted by molar-refractivity contribution is 7.89. The minimum atomic E-state index is -3.95. The number of nitrogens with zero attached hydrogens (tertiary/aromatic N) is 2. The maximum atomic E-state index is 13.8. The Morgan fingerprint density at radius 2 is 1.82 bits per heavy atom. The number of carboxylic acid groups (broad SMARTS) is 1. The average Bonchev–Trinajstić information content (AvgIpc) is 2.88. The Morgan fingerprint density at radius 3 is 2.53 bits per heavy atom. The number of esters is 1. The maximum absolute atomic E-state index is 13.8. The molecule has 0 unspecified atom stereocenters. The Hall–Kier alpha value is -3.96. The molecule has 198 valence electrons. The van der Waals surface area contributed by atoms with E-state index < -0.39 is 34.5 Å². The van der Waals surface area contributed by atoms with Gasteiger partial charge >= 0.3 is 18.0 Å². The summed E-state index contributed by atoms with van der Waals surface area (Å²) in [7, 11) is -3.95. The number of benzene rings is 3. The van der Waals surface area contributed by atoms with Gasteiger partial charge < -0.3 is 14.6 Å². The van der Waals surface area contributed by atoms with Gasteiger partial charge in [0, 0.05) is 42.6 Å². The van der Waals surface area contributed by atoms with Gasteiger partial charge in [0.25, 0.3) is 0 Å². The van der Waals surface area contributed by atoms with Crippen molar-refractivity contribution in [2.24, 2.45) is 0 Å². The second-order valence-corrected chi connectivity index (χ2v) is 11.2. The zero-order valence-corrected chi connectivity index (χ0v) is 21.4. The molecular weight excluding hydrogens is 512 g/mol. The number of sulfonamides is 1. The van der Waals surface area contributed by atoms with Gasteiger partial charge in [-0.3, -0.25) is 14.5 Å². The largest absolute Gasteiger partial charge is 0.481 e. The number of para-hydroxylation sites is 1. The van der Waals surface area contributed by atoms with Crippen LogP contribution in [-0.2, 0) is 37.4 Å². The third-order valence-electron chi connectivity index (χ3n) is 6.82. The van der Waals surface area contributed by atoms with Gasteiger partial charge in [0.15, 0.2) is 0 Å². The first-order valence-corrected chi connectivity index (χ1v) is 13.6. The Balaban J connectivity index is 1.43. The number of carbonyl (C=O) groups is 3. The zero-order valence-electron chi connectivity index (χ0n) is 20.6. The highest BCUT2D eigenvalue weighted by atomic mass is 32.2. The quantitative estimate of drug-likeness (QED) is 0.371. The minimum Gasteiger partial charge on any atom is -0.481 e. The molecule has 0 spiro atoms. The molecule has 0 aliphatic carbocycles. The molecule has 0 saturated carbocycles. The van der Waals surface area contributed by atoms with Gasteiger partial charge in [-0.2, -0.15) is 4.31 Å². The van der Waals surface area contributed by atoms with E-state index in [1.165, 1.54) is 29.4 Å². The molecule has 0 radical (unpaired) electrons. The van der Waals surface area contributed by atoms with E-state index in [-0.39, 0.29) is 41.9 Å². The van der Waals surface area contributed by atoms with Gasteiger partial charge in [0.1, 0.15) is 12.4 Å². The van der Waals surface area contributed by atoms with Crippen LogP contribution in [0.5, 0.6) is 5.75 Å². The summed E-state index contributed by atoms with van der Waals surface area (Å²) in [6.45, 7) is 1.82. The second kappa shape index (κ2) is 10.1. The predicted octanol–water partition coefficient (Wildman–Crippen LogP) is 3.70. The van der Waals surface area contributed by atoms with Crippen molar-refractivity contribution in [2.75, 3.05) is 18.0 Å². The molecule has 1 N–H and O–H groups in total. The second-order valence-electron chi connectivity index (χ2n) is 9.29. The molecule has 5 rings (SSSR count). The van der Waals surface area contributed by atoms with Gasteiger partial charge in [-0.25, -0.2) is 13.2 Å². The summed E-state index contributed by atoms with van der Waals surface area (Å²) >= 11 is 0. The molecule has 0 atom stereocenters. The predicted molar refractivity (Wildman–Crippen MR) is 137 cm³/mol. The SMILES string of the molecule is CC(=O)Oc1cc2cccc(S(=O)(=O)N3CCC(N4C(=O)OCc5ccccc54)CC3)c2cc1CC(=O)O. The van der Waals surface area contributed by atoms with E-state index in [9.17, 15) is 27.9 Å². The number of fused-ring (bicyclic) bond motifs is 2. The first-order valence-electron chi connectivity index (χ1n) is 12.1. The summed E-state index contributed by atoms with van der Waals surface area (Å²) < 4.78 is 39.4. The van der Waals surface area contributed by atoms with Crippen molar-refractivity contribution < 1.29 is 37.4 Å². The number of carboxylic acids is 1. The number of ether oxygens (including phenoxy) is 2. The van der Waals surface area contributed by atoms with Crippen LogP contribution < -0.4 is 9.64 Å². The first kappa shape index (κ1) is 25.7. The van der Waals surface area contributed by atoms with E-state index in [1.54, 1.807) is 17.0 Å². The van der Waals surface area contributed by atoms with Gasteiger partial charge in [0.2, 0.25) is 10.0 Å². The molecule has 0 aromatic heterocycles. The van der Waals surface area contributed by atoms with Crippen LogP contribution in [0.4, 0.5) is 10.5 Å². The lowest BCUT2D eigenvalue weighted by atomic mass is 10.0. The van der Waals surface area contributed by atoms with E-state index in [0.717, 1.165) is 11.3 Å². The van der Waals surface area contributed by atoms with Crippen molar-refractivity contribution in [3.63, 3.8) is 0 Å². The van der Waals surface area contributed by atoms with Crippen molar-refractivity contribution >= 4 is 44.5 Å². The zero-order chi connectivity index (χ0) is 27.0. The summed E-state index contributed by atoms with van der Waals surface area (Å²) in [4.78, 5) is 37.2. The maximum Gasteiger partial charge on any atom is 0.414 e. The fourth-order valence-corrected chi connectivity index (χ4v) is 6.77. The van der Waals surface area contributed by atoms with Crippen LogP contribution in [0.1, 0.15) is 30.9 Å². The van der Waals surface area contributed by atoms with Crippen molar-refractivity contribution in [3.8, 4) is 5.75 Å². The number of anilines is 1. The number of carbonyl (C=O) groups excluding carboxylic acids is 2. The molecule has 1 fully saturated rings. The molecule has 1 saturated heterocycles. The number of hydrogen-bond donors (Lipinski definition) is 1. The van der Waals surface area contributed by atoms with E-state index in [4.69, 9.17) is 9.47 Å². The average molecular weight is 539 g/mol. The van der Waals surface area contributed by atoms with Crippen LogP contribution in [0, 0.1) is 0 Å². The van der Waals surface area contributed by atoms with Gasteiger partial charge in [-0.05, 0) is 42.5 Å². The third-order valence-corrected chi connectivity index (χ3v) is 8.78. The van der Waals surface area contributed by atoms with Crippen LogP contribution in [0.3, 0.4) is 0 Å². The number of cyclic esters (lactones) is 1. The van der Waals surface area contributed by atoms with Crippen molar-refractivity contribution in [1.82, 2.24) is 4.31 Å². The lowest BCUT2D eigenvalue weighted by molar-refractivity contribution is -0.136. The van der Waals surface area contributed by atoms with Crippen molar-refractivity contribution in [2.45, 2.75) is 43.7 Å². The Labute approximate surface area is 219 Å². The van der Waals surface area contributed by atoms with E-state index in [1.807, 2.05) is 24.3 Å². The Morgan fingerprint density at radius 1 is 1.08 bits per heavy atom. The van der Waals surface area contributed by atoms with Crippen LogP contribution in [0.25, 0.3) is 10.8 Å². The third kappa shape index (κ3) is 4.82. The fourth-order valence-electron chi connectivity index (χ4n) is 5.10. The molecule has 38 heavy (non-hydrogen) atoms. The molecule has 1 amide bonds. The molecule has 2 aliphatic heterocycles. The summed E-state index contributed by atoms with van der Waals surface area (Å²) in [5.41, 5.74) is 1.89. The number of hydrogen-bond acceptors (Lipinski definition) is 7. The monoisotopic (exact) mass is 538 g/mol. The standard InChI is InChI=1S/C27H26N2O8S/c1-17(30)37-24-14-18-6-4-8-25(22(18)13-20(24)15-26(31)32)38(34,35)28-11-9-21(10-12-28)29-23-7-3-2-5-19(23)16-36-27(29)33/h2-8,13-14,21H,9-12,15-16H2,1H3,(H,31,32). The minimum absolute atomic E-state index is 0.0391. The van der Waals surface area contributed by atoms with Crippen molar-refractivity contribution in [1.29, 1.82) is 0 Å². The van der Waals surface area contributed by atoms with E-state index >= 15 is 0 Å². The fraction of sp³-hybridized carbons (Fsp3) is 0.296. The highest BCUT2D eigenvalue weighted by Crippen LogP contribution is 2.35. The van der Waals surface area contributed by atoms with Crippen LogP contribution in [-0.4, -0.2) is 55.0 Å². The summed E-state index contributed by atoms with van der Waals surface area (Å²) in [5, 5.41) is 10.2. The molecule has 2 aliphatic rings. The lowest BCUT2D eigenvalue weighted by Crippen LogP contribution is -2.50. The van der Waals surface area contributed by atoms with Crippen LogP contribution in [0.15, 0.2) is 59.5 Å². The number of aliphatic carboxylic acids is 1. The van der Waals surface area contributed by atoms with Gasteiger partial charge in [0.05, 0.1) is 17.0 Å². The molecule has 0 bridgehead atoms. The molecule has 2 heterocycles. The summed E-state index contributed by atoms with van der Waals surface area (Å²) in [6.07, 6.45) is -0.0254. The Kier molecular flexibility index (Phi) is 6.80. The van der Waals surface area contributed by atoms with Crippen molar-refractivity contribution in [3.05, 3.63) is 65.7 Å². The topological polar surface area (TPSA) is 131 Å². The number of piperidine rings is 1. The van der Waals surface area contributed by atoms with Gasteiger partial charge in [-0.15, -0.1) is 0 Å². The number of rotatable bonds is 6. The van der Waals surface area contributed by atoms with Gasteiger partial charge in [-0.1, -0.05) is 30.3 Å². The first-order chi connectivity index (χ1) is 18.1. The molecule has 10 nitrogen and oxygen atoms in total. The van der Waals surface area contributed by atoms with Crippen LogP contribution >= 0.6 is 0 Å². The Bertz CT molecular complexity index is 1540. The highest BCUT2D eigenvalue weighted by Gasteiger charge is 2.37. The normalized spacial score (nSPS) is 16.7. The number of amides is 1.